The molecule has 1 fully saturated rings. The second kappa shape index (κ2) is 10.7. The average Bonchev–Trinajstić information content (AvgIpc) is 3.17. The van der Waals surface area contributed by atoms with Crippen LogP contribution in [-0.2, 0) is 22.7 Å². The first-order chi connectivity index (χ1) is 14.1. The third-order valence-corrected chi connectivity index (χ3v) is 5.22. The number of amides is 1. The van der Waals surface area contributed by atoms with Crippen LogP contribution in [0.4, 0.5) is 13.2 Å². The van der Waals surface area contributed by atoms with E-state index in [2.05, 4.69) is 15.6 Å². The maximum atomic E-state index is 12.7. The standard InChI is InChI=1S/C21H31F3N4O2/c1-25-19(27-14-20(9-4-5-10-20)18(29)28(2)3)26-12-16-7-6-8-17(11-16)13-30-15-21(22,23)24/h6-8,11H,4-5,9-10,12-15H2,1-3H3,(H2,25,26,27). The monoisotopic (exact) mass is 428 g/mol. The Morgan fingerprint density at radius 3 is 2.47 bits per heavy atom. The largest absolute Gasteiger partial charge is 0.411 e. The van der Waals surface area contributed by atoms with Gasteiger partial charge in [-0.1, -0.05) is 37.1 Å². The fourth-order valence-corrected chi connectivity index (χ4v) is 3.77. The van der Waals surface area contributed by atoms with Gasteiger partial charge >= 0.3 is 6.18 Å². The van der Waals surface area contributed by atoms with Gasteiger partial charge in [-0.2, -0.15) is 13.2 Å². The molecule has 1 aromatic carbocycles. The van der Waals surface area contributed by atoms with Gasteiger partial charge in [0.05, 0.1) is 12.0 Å². The number of hydrogen-bond acceptors (Lipinski definition) is 3. The summed E-state index contributed by atoms with van der Waals surface area (Å²) < 4.78 is 41.4. The molecule has 0 aliphatic heterocycles. The van der Waals surface area contributed by atoms with Gasteiger partial charge in [-0.05, 0) is 24.0 Å². The number of carbonyl (C=O) groups is 1. The van der Waals surface area contributed by atoms with Crippen molar-refractivity contribution in [2.75, 3.05) is 34.3 Å². The van der Waals surface area contributed by atoms with Gasteiger partial charge in [0.1, 0.15) is 6.61 Å². The molecule has 168 valence electrons. The Bertz CT molecular complexity index is 729. The van der Waals surface area contributed by atoms with Crippen molar-refractivity contribution < 1.29 is 22.7 Å². The van der Waals surface area contributed by atoms with Crippen LogP contribution in [0.25, 0.3) is 0 Å². The summed E-state index contributed by atoms with van der Waals surface area (Å²) in [6, 6.07) is 7.18. The van der Waals surface area contributed by atoms with Crippen LogP contribution in [0.15, 0.2) is 29.3 Å². The molecule has 1 amide bonds. The maximum absolute atomic E-state index is 12.7. The van der Waals surface area contributed by atoms with E-state index in [-0.39, 0.29) is 12.5 Å². The summed E-state index contributed by atoms with van der Waals surface area (Å²) in [5, 5.41) is 6.46. The van der Waals surface area contributed by atoms with Crippen molar-refractivity contribution in [2.45, 2.75) is 45.0 Å². The number of carbonyl (C=O) groups excluding carboxylic acids is 1. The van der Waals surface area contributed by atoms with Crippen LogP contribution in [0.2, 0.25) is 0 Å². The van der Waals surface area contributed by atoms with E-state index in [0.29, 0.717) is 24.6 Å². The molecule has 1 aromatic rings. The SMILES string of the molecule is CN=C(NCc1cccc(COCC(F)(F)F)c1)NCC1(C(=O)N(C)C)CCCC1. The van der Waals surface area contributed by atoms with Crippen molar-refractivity contribution in [3.05, 3.63) is 35.4 Å². The zero-order valence-corrected chi connectivity index (χ0v) is 17.8. The van der Waals surface area contributed by atoms with Gasteiger partial charge in [0.25, 0.3) is 0 Å². The summed E-state index contributed by atoms with van der Waals surface area (Å²) in [5.41, 5.74) is 1.16. The van der Waals surface area contributed by atoms with Crippen LogP contribution in [0.5, 0.6) is 0 Å². The minimum atomic E-state index is -4.33. The van der Waals surface area contributed by atoms with E-state index in [1.807, 2.05) is 6.07 Å². The summed E-state index contributed by atoms with van der Waals surface area (Å²) in [5.74, 6) is 0.709. The number of rotatable bonds is 8. The van der Waals surface area contributed by atoms with Gasteiger partial charge in [0.15, 0.2) is 5.96 Å². The van der Waals surface area contributed by atoms with Crippen molar-refractivity contribution in [1.82, 2.24) is 15.5 Å². The third-order valence-electron chi connectivity index (χ3n) is 5.22. The highest BCUT2D eigenvalue weighted by Gasteiger charge is 2.42. The van der Waals surface area contributed by atoms with Crippen molar-refractivity contribution in [3.63, 3.8) is 0 Å². The lowest BCUT2D eigenvalue weighted by atomic mass is 9.84. The smallest absolute Gasteiger partial charge is 0.367 e. The molecule has 0 aromatic heterocycles. The molecule has 0 atom stereocenters. The van der Waals surface area contributed by atoms with Crippen molar-refractivity contribution in [2.24, 2.45) is 10.4 Å². The van der Waals surface area contributed by atoms with E-state index in [0.717, 1.165) is 31.2 Å². The fraction of sp³-hybridized carbons (Fsp3) is 0.619. The number of nitrogens with zero attached hydrogens (tertiary/aromatic N) is 2. The first-order valence-electron chi connectivity index (χ1n) is 10.0. The number of alkyl halides is 3. The molecule has 0 radical (unpaired) electrons. The van der Waals surface area contributed by atoms with Gasteiger partial charge in [-0.3, -0.25) is 9.79 Å². The molecule has 2 rings (SSSR count). The number of halogens is 3. The number of hydrogen-bond donors (Lipinski definition) is 2. The molecule has 0 heterocycles. The van der Waals surface area contributed by atoms with E-state index in [4.69, 9.17) is 4.74 Å². The number of ether oxygens (including phenoxy) is 1. The highest BCUT2D eigenvalue weighted by atomic mass is 19.4. The normalized spacial score (nSPS) is 16.4. The Balaban J connectivity index is 1.88. The minimum absolute atomic E-state index is 0.102. The molecule has 0 bridgehead atoms. The summed E-state index contributed by atoms with van der Waals surface area (Å²) in [4.78, 5) is 18.5. The fourth-order valence-electron chi connectivity index (χ4n) is 3.77. The Labute approximate surface area is 175 Å². The third kappa shape index (κ3) is 7.19. The van der Waals surface area contributed by atoms with Gasteiger partial charge in [-0.15, -0.1) is 0 Å². The number of nitrogens with one attached hydrogen (secondary N) is 2. The number of guanidine groups is 1. The molecule has 0 saturated heterocycles. The summed E-state index contributed by atoms with van der Waals surface area (Å²) in [6.07, 6.45) is -0.545. The molecule has 1 saturated carbocycles. The van der Waals surface area contributed by atoms with E-state index < -0.39 is 18.2 Å². The van der Waals surface area contributed by atoms with E-state index in [1.165, 1.54) is 0 Å². The van der Waals surface area contributed by atoms with E-state index >= 15 is 0 Å². The lowest BCUT2D eigenvalue weighted by Gasteiger charge is -2.31. The van der Waals surface area contributed by atoms with Gasteiger partial charge in [-0.25, -0.2) is 0 Å². The summed E-state index contributed by atoms with van der Waals surface area (Å²) >= 11 is 0. The number of benzene rings is 1. The second-order valence-electron chi connectivity index (χ2n) is 7.89. The first-order valence-corrected chi connectivity index (χ1v) is 10.0. The molecule has 1 aliphatic rings. The van der Waals surface area contributed by atoms with Gasteiger partial charge in [0, 0.05) is 34.2 Å². The van der Waals surface area contributed by atoms with Crippen LogP contribution >= 0.6 is 0 Å². The highest BCUT2D eigenvalue weighted by Crippen LogP contribution is 2.38. The lowest BCUT2D eigenvalue weighted by molar-refractivity contribution is -0.176. The van der Waals surface area contributed by atoms with Crippen molar-refractivity contribution in [3.8, 4) is 0 Å². The molecule has 0 unspecified atom stereocenters. The van der Waals surface area contributed by atoms with E-state index in [9.17, 15) is 18.0 Å². The summed E-state index contributed by atoms with van der Waals surface area (Å²) in [6.45, 7) is -0.411. The van der Waals surface area contributed by atoms with Gasteiger partial charge in [0.2, 0.25) is 5.91 Å². The van der Waals surface area contributed by atoms with Crippen molar-refractivity contribution in [1.29, 1.82) is 0 Å². The average molecular weight is 428 g/mol. The number of aliphatic imine (C=N–C) groups is 1. The van der Waals surface area contributed by atoms with Gasteiger partial charge < -0.3 is 20.3 Å². The molecule has 9 heteroatoms. The van der Waals surface area contributed by atoms with Crippen LogP contribution in [0.1, 0.15) is 36.8 Å². The molecule has 0 spiro atoms. The summed E-state index contributed by atoms with van der Waals surface area (Å²) in [7, 11) is 5.22. The zero-order valence-electron chi connectivity index (χ0n) is 17.8. The Kier molecular flexibility index (Phi) is 8.52. The maximum Gasteiger partial charge on any atom is 0.411 e. The predicted molar refractivity (Wildman–Crippen MR) is 110 cm³/mol. The molecule has 2 N–H and O–H groups in total. The zero-order chi connectivity index (χ0) is 22.2. The van der Waals surface area contributed by atoms with Crippen LogP contribution < -0.4 is 10.6 Å². The molecular formula is C21H31F3N4O2. The molecular weight excluding hydrogens is 397 g/mol. The first kappa shape index (κ1) is 24.0. The molecule has 1 aliphatic carbocycles. The Morgan fingerprint density at radius 1 is 1.20 bits per heavy atom. The Morgan fingerprint density at radius 2 is 1.87 bits per heavy atom. The quantitative estimate of drug-likeness (QED) is 0.493. The molecule has 30 heavy (non-hydrogen) atoms. The van der Waals surface area contributed by atoms with Crippen LogP contribution in [0, 0.1) is 5.41 Å². The minimum Gasteiger partial charge on any atom is -0.367 e. The lowest BCUT2D eigenvalue weighted by Crippen LogP contribution is -2.49. The topological polar surface area (TPSA) is 66.0 Å². The van der Waals surface area contributed by atoms with E-state index in [1.54, 1.807) is 44.2 Å². The Hall–Kier alpha value is -2.29. The predicted octanol–water partition coefficient (Wildman–Crippen LogP) is 3.08. The van der Waals surface area contributed by atoms with Crippen LogP contribution in [-0.4, -0.2) is 57.2 Å². The molecule has 6 nitrogen and oxygen atoms in total. The highest BCUT2D eigenvalue weighted by molar-refractivity contribution is 5.85. The van der Waals surface area contributed by atoms with Crippen LogP contribution in [0.3, 0.4) is 0 Å². The second-order valence-corrected chi connectivity index (χ2v) is 7.89. The van der Waals surface area contributed by atoms with Crippen molar-refractivity contribution >= 4 is 11.9 Å².